The first-order valence-electron chi connectivity index (χ1n) is 8.12. The third kappa shape index (κ3) is 4.92. The lowest BCUT2D eigenvalue weighted by molar-refractivity contribution is -0.0773. The number of piperidine rings is 1. The van der Waals surface area contributed by atoms with Gasteiger partial charge >= 0.3 is 0 Å². The number of ether oxygens (including phenoxy) is 1. The third-order valence-corrected chi connectivity index (χ3v) is 4.18. The van der Waals surface area contributed by atoms with Gasteiger partial charge in [0.25, 0.3) is 0 Å². The molecule has 0 bridgehead atoms. The zero-order chi connectivity index (χ0) is 14.3. The SMILES string of the molecule is CCCOC1(C)CCCN(CCCc2ccccc2)C1. The first-order chi connectivity index (χ1) is 9.72. The molecule has 1 unspecified atom stereocenters. The summed E-state index contributed by atoms with van der Waals surface area (Å²) in [6.07, 6.45) is 6.02. The highest BCUT2D eigenvalue weighted by atomic mass is 16.5. The maximum atomic E-state index is 6.07. The Hall–Kier alpha value is -0.860. The van der Waals surface area contributed by atoms with Crippen LogP contribution in [-0.4, -0.2) is 36.7 Å². The van der Waals surface area contributed by atoms with Gasteiger partial charge in [0, 0.05) is 13.2 Å². The Bertz CT molecular complexity index is 378. The van der Waals surface area contributed by atoms with Gasteiger partial charge in [-0.1, -0.05) is 37.3 Å². The van der Waals surface area contributed by atoms with Gasteiger partial charge in [-0.05, 0) is 57.7 Å². The topological polar surface area (TPSA) is 12.5 Å². The van der Waals surface area contributed by atoms with E-state index < -0.39 is 0 Å². The Morgan fingerprint density at radius 2 is 2.05 bits per heavy atom. The quantitative estimate of drug-likeness (QED) is 0.748. The van der Waals surface area contributed by atoms with Crippen molar-refractivity contribution in [3.05, 3.63) is 35.9 Å². The summed E-state index contributed by atoms with van der Waals surface area (Å²) in [6, 6.07) is 10.8. The van der Waals surface area contributed by atoms with E-state index in [1.807, 2.05) is 0 Å². The van der Waals surface area contributed by atoms with Gasteiger partial charge in [0.2, 0.25) is 0 Å². The zero-order valence-electron chi connectivity index (χ0n) is 13.1. The molecule has 0 saturated carbocycles. The van der Waals surface area contributed by atoms with E-state index in [-0.39, 0.29) is 5.60 Å². The number of hydrogen-bond acceptors (Lipinski definition) is 2. The van der Waals surface area contributed by atoms with E-state index in [2.05, 4.69) is 49.1 Å². The summed E-state index contributed by atoms with van der Waals surface area (Å²) >= 11 is 0. The van der Waals surface area contributed by atoms with Crippen molar-refractivity contribution < 1.29 is 4.74 Å². The lowest BCUT2D eigenvalue weighted by Crippen LogP contribution is -2.48. The van der Waals surface area contributed by atoms with Crippen LogP contribution in [0.4, 0.5) is 0 Å². The van der Waals surface area contributed by atoms with Crippen molar-refractivity contribution >= 4 is 0 Å². The van der Waals surface area contributed by atoms with Crippen LogP contribution in [0, 0.1) is 0 Å². The van der Waals surface area contributed by atoms with Gasteiger partial charge in [-0.25, -0.2) is 0 Å². The van der Waals surface area contributed by atoms with Crippen molar-refractivity contribution in [1.82, 2.24) is 4.90 Å². The summed E-state index contributed by atoms with van der Waals surface area (Å²) in [5.41, 5.74) is 1.54. The van der Waals surface area contributed by atoms with Gasteiger partial charge in [0.15, 0.2) is 0 Å². The minimum atomic E-state index is 0.0843. The minimum Gasteiger partial charge on any atom is -0.374 e. The second-order valence-corrected chi connectivity index (χ2v) is 6.27. The number of likely N-dealkylation sites (tertiary alicyclic amines) is 1. The molecule has 0 N–H and O–H groups in total. The molecule has 1 atom stereocenters. The highest BCUT2D eigenvalue weighted by Crippen LogP contribution is 2.25. The van der Waals surface area contributed by atoms with Gasteiger partial charge in [-0.15, -0.1) is 0 Å². The average Bonchev–Trinajstić information content (AvgIpc) is 2.47. The van der Waals surface area contributed by atoms with Crippen LogP contribution in [0.25, 0.3) is 0 Å². The van der Waals surface area contributed by atoms with Crippen LogP contribution < -0.4 is 0 Å². The molecule has 2 heteroatoms. The van der Waals surface area contributed by atoms with E-state index in [0.717, 1.165) is 19.6 Å². The van der Waals surface area contributed by atoms with Crippen LogP contribution in [0.5, 0.6) is 0 Å². The van der Waals surface area contributed by atoms with Gasteiger partial charge in [-0.2, -0.15) is 0 Å². The van der Waals surface area contributed by atoms with Crippen LogP contribution in [0.15, 0.2) is 30.3 Å². The molecule has 1 aliphatic rings. The fourth-order valence-electron chi connectivity index (χ4n) is 3.12. The smallest absolute Gasteiger partial charge is 0.0781 e. The second-order valence-electron chi connectivity index (χ2n) is 6.27. The first kappa shape index (κ1) is 15.5. The molecule has 2 nitrogen and oxygen atoms in total. The van der Waals surface area contributed by atoms with Crippen LogP contribution in [0.1, 0.15) is 45.1 Å². The molecule has 112 valence electrons. The van der Waals surface area contributed by atoms with E-state index in [9.17, 15) is 0 Å². The molecule has 1 aromatic rings. The predicted octanol–water partition coefficient (Wildman–Crippen LogP) is 3.90. The molecule has 1 aromatic carbocycles. The van der Waals surface area contributed by atoms with Gasteiger partial charge in [0.1, 0.15) is 0 Å². The van der Waals surface area contributed by atoms with Crippen molar-refractivity contribution in [2.24, 2.45) is 0 Å². The average molecular weight is 275 g/mol. The van der Waals surface area contributed by atoms with Crippen molar-refractivity contribution in [3.8, 4) is 0 Å². The summed E-state index contributed by atoms with van der Waals surface area (Å²) in [4.78, 5) is 2.59. The van der Waals surface area contributed by atoms with Gasteiger partial charge < -0.3 is 9.64 Å². The molecule has 0 spiro atoms. The van der Waals surface area contributed by atoms with Gasteiger partial charge in [0.05, 0.1) is 5.60 Å². The third-order valence-electron chi connectivity index (χ3n) is 4.18. The minimum absolute atomic E-state index is 0.0843. The lowest BCUT2D eigenvalue weighted by Gasteiger charge is -2.40. The van der Waals surface area contributed by atoms with E-state index in [1.54, 1.807) is 0 Å². The molecule has 1 heterocycles. The largest absolute Gasteiger partial charge is 0.374 e. The Labute approximate surface area is 124 Å². The van der Waals surface area contributed by atoms with E-state index in [0.29, 0.717) is 0 Å². The normalized spacial score (nSPS) is 23.9. The monoisotopic (exact) mass is 275 g/mol. The van der Waals surface area contributed by atoms with E-state index in [4.69, 9.17) is 4.74 Å². The van der Waals surface area contributed by atoms with Crippen molar-refractivity contribution in [1.29, 1.82) is 0 Å². The Balaban J connectivity index is 1.73. The van der Waals surface area contributed by atoms with E-state index in [1.165, 1.54) is 44.3 Å². The van der Waals surface area contributed by atoms with Crippen molar-refractivity contribution in [3.63, 3.8) is 0 Å². The molecular weight excluding hydrogens is 246 g/mol. The summed E-state index contributed by atoms with van der Waals surface area (Å²) < 4.78 is 6.07. The Morgan fingerprint density at radius 1 is 1.25 bits per heavy atom. The fourth-order valence-corrected chi connectivity index (χ4v) is 3.12. The molecular formula is C18H29NO. The summed E-state index contributed by atoms with van der Waals surface area (Å²) in [5.74, 6) is 0. The molecule has 1 saturated heterocycles. The Morgan fingerprint density at radius 3 is 2.80 bits per heavy atom. The maximum absolute atomic E-state index is 6.07. The van der Waals surface area contributed by atoms with Gasteiger partial charge in [-0.3, -0.25) is 0 Å². The van der Waals surface area contributed by atoms with Crippen LogP contribution >= 0.6 is 0 Å². The molecule has 0 amide bonds. The lowest BCUT2D eigenvalue weighted by atomic mass is 9.94. The highest BCUT2D eigenvalue weighted by Gasteiger charge is 2.31. The standard InChI is InChI=1S/C18H29NO/c1-3-15-20-18(2)12-8-14-19(16-18)13-7-11-17-9-5-4-6-10-17/h4-6,9-10H,3,7-8,11-16H2,1-2H3. The number of rotatable bonds is 7. The molecule has 0 aliphatic carbocycles. The number of aryl methyl sites for hydroxylation is 1. The van der Waals surface area contributed by atoms with Crippen molar-refractivity contribution in [2.75, 3.05) is 26.2 Å². The summed E-state index contributed by atoms with van der Waals surface area (Å²) in [5, 5.41) is 0. The predicted molar refractivity (Wildman–Crippen MR) is 85.1 cm³/mol. The number of nitrogens with zero attached hydrogens (tertiary/aromatic N) is 1. The van der Waals surface area contributed by atoms with Crippen molar-refractivity contribution in [2.45, 2.75) is 51.6 Å². The Kier molecular flexibility index (Phi) is 6.06. The molecule has 2 rings (SSSR count). The summed E-state index contributed by atoms with van der Waals surface area (Å²) in [6.45, 7) is 8.89. The highest BCUT2D eigenvalue weighted by molar-refractivity contribution is 5.14. The molecule has 0 radical (unpaired) electrons. The number of hydrogen-bond donors (Lipinski definition) is 0. The van der Waals surface area contributed by atoms with E-state index >= 15 is 0 Å². The second kappa shape index (κ2) is 7.80. The fraction of sp³-hybridized carbons (Fsp3) is 0.667. The maximum Gasteiger partial charge on any atom is 0.0781 e. The molecule has 0 aromatic heterocycles. The van der Waals surface area contributed by atoms with Crippen LogP contribution in [0.3, 0.4) is 0 Å². The van der Waals surface area contributed by atoms with Crippen LogP contribution in [0.2, 0.25) is 0 Å². The molecule has 20 heavy (non-hydrogen) atoms. The first-order valence-corrected chi connectivity index (χ1v) is 8.12. The zero-order valence-corrected chi connectivity index (χ0v) is 13.1. The van der Waals surface area contributed by atoms with Crippen LogP contribution in [-0.2, 0) is 11.2 Å². The summed E-state index contributed by atoms with van der Waals surface area (Å²) in [7, 11) is 0. The molecule has 1 fully saturated rings. The number of benzene rings is 1. The molecule has 1 aliphatic heterocycles.